The molecule has 0 N–H and O–H groups in total. The molecule has 2 fully saturated rings. The molecule has 3 nitrogen and oxygen atoms in total. The van der Waals surface area contributed by atoms with Crippen molar-refractivity contribution in [3.63, 3.8) is 0 Å². The normalized spacial score (nSPS) is 23.7. The second kappa shape index (κ2) is 9.51. The smallest absolute Gasteiger partial charge is 0.406 e. The minimum absolute atomic E-state index is 0.168. The van der Waals surface area contributed by atoms with Crippen molar-refractivity contribution in [1.82, 2.24) is 9.80 Å². The summed E-state index contributed by atoms with van der Waals surface area (Å²) in [6, 6.07) is 15.4. The molecule has 5 rings (SSSR count). The number of nitrogens with zero attached hydrogens (tertiary/aromatic N) is 2. The highest BCUT2D eigenvalue weighted by Gasteiger charge is 2.38. The van der Waals surface area contributed by atoms with Gasteiger partial charge < -0.3 is 9.64 Å². The molecule has 0 bridgehead atoms. The summed E-state index contributed by atoms with van der Waals surface area (Å²) in [6.45, 7) is 6.42. The lowest BCUT2D eigenvalue weighted by Gasteiger charge is -2.18. The third-order valence-corrected chi connectivity index (χ3v) is 7.32. The summed E-state index contributed by atoms with van der Waals surface area (Å²) < 4.78 is 41.1. The van der Waals surface area contributed by atoms with Gasteiger partial charge in [-0.25, -0.2) is 0 Å². The lowest BCUT2D eigenvalue weighted by molar-refractivity contribution is -0.274. The minimum Gasteiger partial charge on any atom is -0.406 e. The molecular formula is C27H31F3N2O. The van der Waals surface area contributed by atoms with E-state index in [2.05, 4.69) is 44.9 Å². The van der Waals surface area contributed by atoms with Crippen molar-refractivity contribution in [1.29, 1.82) is 0 Å². The quantitative estimate of drug-likeness (QED) is 0.527. The van der Waals surface area contributed by atoms with E-state index in [4.69, 9.17) is 0 Å². The van der Waals surface area contributed by atoms with Crippen LogP contribution in [0.1, 0.15) is 36.0 Å². The van der Waals surface area contributed by atoms with E-state index in [9.17, 15) is 13.2 Å². The first-order valence-electron chi connectivity index (χ1n) is 12.0. The molecule has 176 valence electrons. The van der Waals surface area contributed by atoms with Crippen LogP contribution < -0.4 is 4.74 Å². The van der Waals surface area contributed by atoms with Gasteiger partial charge in [-0.05, 0) is 79.1 Å². The molecule has 1 aliphatic carbocycles. The Morgan fingerprint density at radius 3 is 2.24 bits per heavy atom. The molecule has 0 spiro atoms. The topological polar surface area (TPSA) is 15.7 Å². The molecule has 2 aromatic carbocycles. The van der Waals surface area contributed by atoms with E-state index in [0.29, 0.717) is 11.8 Å². The summed E-state index contributed by atoms with van der Waals surface area (Å²) in [7, 11) is 0. The van der Waals surface area contributed by atoms with Gasteiger partial charge in [-0.15, -0.1) is 13.2 Å². The van der Waals surface area contributed by atoms with Crippen molar-refractivity contribution in [2.24, 2.45) is 11.8 Å². The first-order valence-corrected chi connectivity index (χ1v) is 12.0. The van der Waals surface area contributed by atoms with E-state index < -0.39 is 6.36 Å². The van der Waals surface area contributed by atoms with Crippen LogP contribution in [-0.2, 0) is 13.0 Å². The van der Waals surface area contributed by atoms with Crippen LogP contribution in [0.3, 0.4) is 0 Å². The molecule has 33 heavy (non-hydrogen) atoms. The van der Waals surface area contributed by atoms with Gasteiger partial charge in [0.25, 0.3) is 0 Å². The Labute approximate surface area is 193 Å². The average molecular weight is 457 g/mol. The number of allylic oxidation sites excluding steroid dienone is 1. The minimum atomic E-state index is -4.65. The number of fused-ring (bicyclic) bond motifs is 1. The maximum Gasteiger partial charge on any atom is 0.573 e. The summed E-state index contributed by atoms with van der Waals surface area (Å²) in [5.41, 5.74) is 5.22. The zero-order valence-electron chi connectivity index (χ0n) is 18.9. The fourth-order valence-electron chi connectivity index (χ4n) is 5.65. The number of likely N-dealkylation sites (tertiary alicyclic amines) is 2. The largest absolute Gasteiger partial charge is 0.573 e. The Morgan fingerprint density at radius 2 is 1.55 bits per heavy atom. The van der Waals surface area contributed by atoms with Gasteiger partial charge >= 0.3 is 6.36 Å². The number of ether oxygens (including phenoxy) is 1. The zero-order chi connectivity index (χ0) is 22.8. The third-order valence-electron chi connectivity index (χ3n) is 7.32. The van der Waals surface area contributed by atoms with E-state index >= 15 is 0 Å². The van der Waals surface area contributed by atoms with Crippen LogP contribution in [-0.4, -0.2) is 48.9 Å². The summed E-state index contributed by atoms with van der Waals surface area (Å²) in [5, 5.41) is 0. The molecule has 2 atom stereocenters. The maximum atomic E-state index is 12.4. The predicted octanol–water partition coefficient (Wildman–Crippen LogP) is 5.76. The second-order valence-corrected chi connectivity index (χ2v) is 9.64. The Balaban J connectivity index is 1.15. The first-order chi connectivity index (χ1) is 15.9. The standard InChI is InChI=1S/C27H31F3N2O/c28-27(29,30)33-24-10-5-21(6-11-24)17-32-18-23-9-12-25(26(23)19-32)22-7-3-20(4-8-22)13-16-31-14-1-2-15-31/h3-8,10-12,23,26H,1-2,9,13-19H2. The SMILES string of the molecule is FC(F)(F)Oc1ccc(CN2CC3CC=C(c4ccc(CCN5CCCC5)cc4)C3C2)cc1. The molecule has 2 unspecified atom stereocenters. The Hall–Kier alpha value is -2.31. The van der Waals surface area contributed by atoms with Crippen molar-refractivity contribution < 1.29 is 17.9 Å². The molecule has 2 saturated heterocycles. The van der Waals surface area contributed by atoms with Crippen LogP contribution in [0.2, 0.25) is 0 Å². The highest BCUT2D eigenvalue weighted by Crippen LogP contribution is 2.43. The van der Waals surface area contributed by atoms with E-state index in [0.717, 1.165) is 44.6 Å². The van der Waals surface area contributed by atoms with Crippen LogP contribution in [0.15, 0.2) is 54.6 Å². The Kier molecular flexibility index (Phi) is 6.48. The van der Waals surface area contributed by atoms with Crippen LogP contribution in [0.4, 0.5) is 13.2 Å². The molecule has 0 radical (unpaired) electrons. The summed E-state index contributed by atoms with van der Waals surface area (Å²) in [5.74, 6) is 0.995. The van der Waals surface area contributed by atoms with E-state index in [1.807, 2.05) is 0 Å². The number of alkyl halides is 3. The van der Waals surface area contributed by atoms with Gasteiger partial charge in [0.15, 0.2) is 0 Å². The Bertz CT molecular complexity index is 962. The zero-order valence-corrected chi connectivity index (χ0v) is 18.9. The Morgan fingerprint density at radius 1 is 0.848 bits per heavy atom. The monoisotopic (exact) mass is 456 g/mol. The molecular weight excluding hydrogens is 425 g/mol. The molecule has 2 aliphatic heterocycles. The summed E-state index contributed by atoms with van der Waals surface area (Å²) in [4.78, 5) is 4.98. The van der Waals surface area contributed by atoms with Gasteiger partial charge in [0.2, 0.25) is 0 Å². The van der Waals surface area contributed by atoms with Gasteiger partial charge in [-0.1, -0.05) is 42.5 Å². The van der Waals surface area contributed by atoms with Crippen LogP contribution in [0.5, 0.6) is 5.75 Å². The molecule has 2 aromatic rings. The molecule has 3 aliphatic rings. The van der Waals surface area contributed by atoms with E-state index in [1.165, 1.54) is 54.8 Å². The number of hydrogen-bond acceptors (Lipinski definition) is 3. The molecule has 0 aromatic heterocycles. The highest BCUT2D eigenvalue weighted by atomic mass is 19.4. The lowest BCUT2D eigenvalue weighted by atomic mass is 9.90. The van der Waals surface area contributed by atoms with Crippen molar-refractivity contribution in [3.05, 3.63) is 71.3 Å². The molecule has 0 saturated carbocycles. The van der Waals surface area contributed by atoms with Gasteiger partial charge in [0.1, 0.15) is 5.75 Å². The summed E-state index contributed by atoms with van der Waals surface area (Å²) >= 11 is 0. The van der Waals surface area contributed by atoms with Gasteiger partial charge in [0.05, 0.1) is 0 Å². The van der Waals surface area contributed by atoms with Crippen LogP contribution >= 0.6 is 0 Å². The predicted molar refractivity (Wildman–Crippen MR) is 124 cm³/mol. The van der Waals surface area contributed by atoms with Crippen molar-refractivity contribution in [2.45, 2.75) is 38.6 Å². The lowest BCUT2D eigenvalue weighted by Crippen LogP contribution is -2.21. The number of benzene rings is 2. The number of hydrogen-bond donors (Lipinski definition) is 0. The van der Waals surface area contributed by atoms with Gasteiger partial charge in [-0.3, -0.25) is 4.90 Å². The maximum absolute atomic E-state index is 12.4. The molecule has 2 heterocycles. The fraction of sp³-hybridized carbons (Fsp3) is 0.481. The van der Waals surface area contributed by atoms with E-state index in [-0.39, 0.29) is 5.75 Å². The summed E-state index contributed by atoms with van der Waals surface area (Å²) in [6.07, 6.45) is 2.66. The van der Waals surface area contributed by atoms with Gasteiger partial charge in [-0.2, -0.15) is 0 Å². The molecule has 6 heteroatoms. The first kappa shape index (κ1) is 22.5. The third kappa shape index (κ3) is 5.61. The van der Waals surface area contributed by atoms with Crippen molar-refractivity contribution in [3.8, 4) is 5.75 Å². The average Bonchev–Trinajstić information content (AvgIpc) is 3.51. The van der Waals surface area contributed by atoms with Gasteiger partial charge in [0, 0.05) is 32.1 Å². The van der Waals surface area contributed by atoms with Crippen LogP contribution in [0, 0.1) is 11.8 Å². The number of rotatable bonds is 7. The van der Waals surface area contributed by atoms with Crippen molar-refractivity contribution in [2.75, 3.05) is 32.7 Å². The molecule has 0 amide bonds. The highest BCUT2D eigenvalue weighted by molar-refractivity contribution is 5.70. The fourth-order valence-corrected chi connectivity index (χ4v) is 5.65. The van der Waals surface area contributed by atoms with Crippen molar-refractivity contribution >= 4 is 5.57 Å². The second-order valence-electron chi connectivity index (χ2n) is 9.64. The van der Waals surface area contributed by atoms with Crippen LogP contribution in [0.25, 0.3) is 5.57 Å². The van der Waals surface area contributed by atoms with E-state index in [1.54, 1.807) is 12.1 Å². The number of halogens is 3.